The number of carbonyl (C=O) groups is 1. The van der Waals surface area contributed by atoms with E-state index in [9.17, 15) is 14.4 Å². The molecule has 1 saturated carbocycles. The Bertz CT molecular complexity index is 1340. The number of carbonyl (C=O) groups excluding carboxylic acids is 1. The van der Waals surface area contributed by atoms with Crippen molar-refractivity contribution < 1.29 is 14.3 Å². The van der Waals surface area contributed by atoms with Gasteiger partial charge in [-0.2, -0.15) is 0 Å². The lowest BCUT2D eigenvalue weighted by molar-refractivity contribution is 0.0891. The van der Waals surface area contributed by atoms with Crippen molar-refractivity contribution in [1.82, 2.24) is 14.9 Å². The average molecular weight is 494 g/mol. The number of aromatic nitrogens is 2. The number of nitrogens with zero attached hydrogens (tertiary/aromatic N) is 1. The molecule has 1 amide bonds. The first-order chi connectivity index (χ1) is 17.3. The standard InChI is InChI=1S/C28H35N3O5/c1-5-35-24-14-21-23(15-25(24)36-6-2)30-28(34)31(27(21)33)16-19-10-12-20(13-11-19)26(32)29-22-9-7-8-17(3)18(22)4/h10-15,17-18,22H,5-9,16H2,1-4H3,(H,29,32)(H,30,34)/t17-,18+,22+/m0/s1. The Labute approximate surface area is 210 Å². The van der Waals surface area contributed by atoms with Gasteiger partial charge in [-0.15, -0.1) is 0 Å². The topological polar surface area (TPSA) is 102 Å². The smallest absolute Gasteiger partial charge is 0.329 e. The third-order valence-corrected chi connectivity index (χ3v) is 7.23. The Kier molecular flexibility index (Phi) is 7.82. The minimum absolute atomic E-state index is 0.0837. The quantitative estimate of drug-likeness (QED) is 0.492. The number of hydrogen-bond donors (Lipinski definition) is 2. The maximum absolute atomic E-state index is 13.2. The summed E-state index contributed by atoms with van der Waals surface area (Å²) in [7, 11) is 0. The highest BCUT2D eigenvalue weighted by molar-refractivity contribution is 5.94. The van der Waals surface area contributed by atoms with Crippen LogP contribution in [0.1, 0.15) is 62.9 Å². The number of aromatic amines is 1. The zero-order valence-corrected chi connectivity index (χ0v) is 21.4. The number of rotatable bonds is 8. The molecule has 0 bridgehead atoms. The van der Waals surface area contributed by atoms with Gasteiger partial charge in [-0.1, -0.05) is 38.8 Å². The lowest BCUT2D eigenvalue weighted by Gasteiger charge is -2.34. The second-order valence-corrected chi connectivity index (χ2v) is 9.58. The van der Waals surface area contributed by atoms with Gasteiger partial charge < -0.3 is 19.8 Å². The highest BCUT2D eigenvalue weighted by atomic mass is 16.5. The van der Waals surface area contributed by atoms with E-state index in [1.165, 1.54) is 6.42 Å². The molecule has 1 aromatic heterocycles. The van der Waals surface area contributed by atoms with Gasteiger partial charge in [0.25, 0.3) is 11.5 Å². The predicted molar refractivity (Wildman–Crippen MR) is 140 cm³/mol. The van der Waals surface area contributed by atoms with Crippen molar-refractivity contribution >= 4 is 16.8 Å². The fourth-order valence-electron chi connectivity index (χ4n) is 4.92. The molecule has 0 radical (unpaired) electrons. The molecule has 8 heteroatoms. The summed E-state index contributed by atoms with van der Waals surface area (Å²) >= 11 is 0. The van der Waals surface area contributed by atoms with Gasteiger partial charge in [0.15, 0.2) is 11.5 Å². The second kappa shape index (κ2) is 11.0. The Morgan fingerprint density at radius 2 is 1.69 bits per heavy atom. The molecule has 0 spiro atoms. The van der Waals surface area contributed by atoms with Crippen LogP contribution >= 0.6 is 0 Å². The normalized spacial score (nSPS) is 19.7. The van der Waals surface area contributed by atoms with Crippen LogP contribution in [-0.2, 0) is 6.54 Å². The van der Waals surface area contributed by atoms with Crippen LogP contribution in [-0.4, -0.2) is 34.7 Å². The molecule has 2 N–H and O–H groups in total. The number of ether oxygens (including phenoxy) is 2. The average Bonchev–Trinajstić information content (AvgIpc) is 2.86. The minimum atomic E-state index is -0.513. The number of H-pyrrole nitrogens is 1. The maximum Gasteiger partial charge on any atom is 0.329 e. The van der Waals surface area contributed by atoms with Gasteiger partial charge in [-0.05, 0) is 55.9 Å². The van der Waals surface area contributed by atoms with Crippen LogP contribution in [0.3, 0.4) is 0 Å². The van der Waals surface area contributed by atoms with Crippen molar-refractivity contribution in [3.8, 4) is 11.5 Å². The molecule has 0 aliphatic heterocycles. The van der Waals surface area contributed by atoms with Crippen molar-refractivity contribution in [2.24, 2.45) is 11.8 Å². The van der Waals surface area contributed by atoms with E-state index >= 15 is 0 Å². The molecule has 4 rings (SSSR count). The van der Waals surface area contributed by atoms with Crippen LogP contribution in [0.5, 0.6) is 11.5 Å². The van der Waals surface area contributed by atoms with E-state index in [1.54, 1.807) is 36.4 Å². The van der Waals surface area contributed by atoms with Gasteiger partial charge in [0, 0.05) is 17.7 Å². The molecule has 3 atom stereocenters. The van der Waals surface area contributed by atoms with Crippen LogP contribution < -0.4 is 26.0 Å². The van der Waals surface area contributed by atoms with Gasteiger partial charge in [-0.25, -0.2) is 4.79 Å². The first-order valence-electron chi connectivity index (χ1n) is 12.8. The summed E-state index contributed by atoms with van der Waals surface area (Å²) in [5, 5.41) is 3.52. The molecule has 0 unspecified atom stereocenters. The van der Waals surface area contributed by atoms with E-state index in [2.05, 4.69) is 24.1 Å². The summed E-state index contributed by atoms with van der Waals surface area (Å²) in [5.41, 5.74) is 0.774. The van der Waals surface area contributed by atoms with Gasteiger partial charge in [-0.3, -0.25) is 14.2 Å². The summed E-state index contributed by atoms with van der Waals surface area (Å²) in [4.78, 5) is 41.6. The monoisotopic (exact) mass is 493 g/mol. The molecular weight excluding hydrogens is 458 g/mol. The van der Waals surface area contributed by atoms with Crippen LogP contribution in [0.2, 0.25) is 0 Å². The Morgan fingerprint density at radius 1 is 1.03 bits per heavy atom. The zero-order chi connectivity index (χ0) is 25.8. The SMILES string of the molecule is CCOc1cc2[nH]c(=O)n(Cc3ccc(C(=O)N[C@@H]4CCC[C@H](C)[C@H]4C)cc3)c(=O)c2cc1OCC. The lowest BCUT2D eigenvalue weighted by Crippen LogP contribution is -2.43. The fraction of sp³-hybridized carbons (Fsp3) is 0.464. The van der Waals surface area contributed by atoms with Crippen LogP contribution in [0, 0.1) is 11.8 Å². The van der Waals surface area contributed by atoms with Gasteiger partial charge >= 0.3 is 5.69 Å². The third kappa shape index (κ3) is 5.32. The van der Waals surface area contributed by atoms with Crippen molar-refractivity contribution in [2.75, 3.05) is 13.2 Å². The van der Waals surface area contributed by atoms with Crippen molar-refractivity contribution in [2.45, 2.75) is 59.5 Å². The van der Waals surface area contributed by atoms with Crippen molar-refractivity contribution in [1.29, 1.82) is 0 Å². The van der Waals surface area contributed by atoms with Crippen molar-refractivity contribution in [3.63, 3.8) is 0 Å². The lowest BCUT2D eigenvalue weighted by atomic mass is 9.78. The fourth-order valence-corrected chi connectivity index (χ4v) is 4.92. The second-order valence-electron chi connectivity index (χ2n) is 9.58. The first-order valence-corrected chi connectivity index (χ1v) is 12.8. The molecule has 36 heavy (non-hydrogen) atoms. The first kappa shape index (κ1) is 25.5. The van der Waals surface area contributed by atoms with Crippen molar-refractivity contribution in [3.05, 3.63) is 68.4 Å². The summed E-state index contributed by atoms with van der Waals surface area (Å²) < 4.78 is 12.4. The number of benzene rings is 2. The Hall–Kier alpha value is -3.55. The molecule has 3 aromatic rings. The molecule has 192 valence electrons. The molecule has 1 fully saturated rings. The summed E-state index contributed by atoms with van der Waals surface area (Å²) in [6, 6.07) is 10.5. The number of amides is 1. The van der Waals surface area contributed by atoms with E-state index in [0.717, 1.165) is 23.0 Å². The largest absolute Gasteiger partial charge is 0.490 e. The van der Waals surface area contributed by atoms with Crippen LogP contribution in [0.15, 0.2) is 46.0 Å². The molecule has 2 aromatic carbocycles. The van der Waals surface area contributed by atoms with E-state index < -0.39 is 11.2 Å². The maximum atomic E-state index is 13.2. The van der Waals surface area contributed by atoms with Gasteiger partial charge in [0.05, 0.1) is 30.7 Å². The number of fused-ring (bicyclic) bond motifs is 1. The van der Waals surface area contributed by atoms with Crippen LogP contribution in [0.4, 0.5) is 0 Å². The molecule has 0 saturated heterocycles. The molecule has 1 aliphatic rings. The van der Waals surface area contributed by atoms with Gasteiger partial charge in [0.1, 0.15) is 0 Å². The zero-order valence-electron chi connectivity index (χ0n) is 21.4. The molecular formula is C28H35N3O5. The summed E-state index contributed by atoms with van der Waals surface area (Å²) in [5.74, 6) is 1.88. The van der Waals surface area contributed by atoms with Gasteiger partial charge in [0.2, 0.25) is 0 Å². The number of nitrogens with one attached hydrogen (secondary N) is 2. The minimum Gasteiger partial charge on any atom is -0.490 e. The number of hydrogen-bond acceptors (Lipinski definition) is 5. The summed E-state index contributed by atoms with van der Waals surface area (Å²) in [6.07, 6.45) is 3.33. The molecule has 1 heterocycles. The highest BCUT2D eigenvalue weighted by Crippen LogP contribution is 2.31. The van der Waals surface area contributed by atoms with E-state index in [1.807, 2.05) is 13.8 Å². The predicted octanol–water partition coefficient (Wildman–Crippen LogP) is 4.09. The van der Waals surface area contributed by atoms with E-state index in [4.69, 9.17) is 9.47 Å². The Balaban J connectivity index is 1.56. The molecule has 1 aliphatic carbocycles. The summed E-state index contributed by atoms with van der Waals surface area (Å²) in [6.45, 7) is 9.08. The molecule has 8 nitrogen and oxygen atoms in total. The highest BCUT2D eigenvalue weighted by Gasteiger charge is 2.28. The van der Waals surface area contributed by atoms with E-state index in [-0.39, 0.29) is 18.5 Å². The third-order valence-electron chi connectivity index (χ3n) is 7.23. The van der Waals surface area contributed by atoms with E-state index in [0.29, 0.717) is 53.0 Å². The Morgan fingerprint density at radius 3 is 2.36 bits per heavy atom. The van der Waals surface area contributed by atoms with Crippen LogP contribution in [0.25, 0.3) is 10.9 Å².